The van der Waals surface area contributed by atoms with Crippen molar-refractivity contribution in [2.24, 2.45) is 0 Å². The average Bonchev–Trinajstić information content (AvgIpc) is 2.94. The summed E-state index contributed by atoms with van der Waals surface area (Å²) < 4.78 is 0. The Labute approximate surface area is 135 Å². The lowest BCUT2D eigenvalue weighted by Gasteiger charge is -2.14. The highest BCUT2D eigenvalue weighted by Gasteiger charge is 2.22. The molecular formula is C14H19Cl2N3O2. The second kappa shape index (κ2) is 7.64. The number of halogens is 2. The molecule has 1 saturated heterocycles. The largest absolute Gasteiger partial charge is 0.345 e. The Kier molecular flexibility index (Phi) is 6.45. The van der Waals surface area contributed by atoms with E-state index < -0.39 is 0 Å². The quantitative estimate of drug-likeness (QED) is 0.892. The van der Waals surface area contributed by atoms with Gasteiger partial charge in [0.2, 0.25) is 5.91 Å². The van der Waals surface area contributed by atoms with Crippen LogP contribution in [0.5, 0.6) is 0 Å². The van der Waals surface area contributed by atoms with Crippen molar-refractivity contribution in [3.63, 3.8) is 0 Å². The van der Waals surface area contributed by atoms with Gasteiger partial charge in [-0.2, -0.15) is 0 Å². The molecule has 0 unspecified atom stereocenters. The Morgan fingerprint density at radius 1 is 1.38 bits per heavy atom. The maximum absolute atomic E-state index is 12.0. The molecule has 2 amide bonds. The van der Waals surface area contributed by atoms with Gasteiger partial charge in [-0.1, -0.05) is 11.6 Å². The van der Waals surface area contributed by atoms with Crippen molar-refractivity contribution < 1.29 is 9.59 Å². The molecule has 0 aliphatic carbocycles. The summed E-state index contributed by atoms with van der Waals surface area (Å²) in [7, 11) is 3.32. The Bertz CT molecular complexity index is 529. The smallest absolute Gasteiger partial charge is 0.254 e. The zero-order chi connectivity index (χ0) is 14.7. The van der Waals surface area contributed by atoms with Crippen molar-refractivity contribution in [1.29, 1.82) is 0 Å². The average molecular weight is 332 g/mol. The van der Waals surface area contributed by atoms with Crippen LogP contribution >= 0.6 is 24.0 Å². The summed E-state index contributed by atoms with van der Waals surface area (Å²) in [5.41, 5.74) is 0.965. The monoisotopic (exact) mass is 331 g/mol. The maximum atomic E-state index is 12.0. The van der Waals surface area contributed by atoms with E-state index in [0.29, 0.717) is 16.3 Å². The van der Waals surface area contributed by atoms with Crippen LogP contribution in [0, 0.1) is 0 Å². The third-order valence-electron chi connectivity index (χ3n) is 3.25. The van der Waals surface area contributed by atoms with Crippen molar-refractivity contribution in [2.75, 3.05) is 26.0 Å². The first-order valence-electron chi connectivity index (χ1n) is 6.54. The fourth-order valence-electron chi connectivity index (χ4n) is 2.15. The molecule has 2 rings (SSSR count). The number of hydrogen-bond acceptors (Lipinski definition) is 3. The van der Waals surface area contributed by atoms with E-state index in [9.17, 15) is 9.59 Å². The second-order valence-corrected chi connectivity index (χ2v) is 5.44. The molecule has 1 atom stereocenters. The van der Waals surface area contributed by atoms with Crippen LogP contribution < -0.4 is 10.6 Å². The predicted octanol–water partition coefficient (Wildman–Crippen LogP) is 2.15. The lowest BCUT2D eigenvalue weighted by molar-refractivity contribution is -0.117. The van der Waals surface area contributed by atoms with Crippen LogP contribution in [-0.4, -0.2) is 43.4 Å². The predicted molar refractivity (Wildman–Crippen MR) is 86.4 cm³/mol. The van der Waals surface area contributed by atoms with Crippen molar-refractivity contribution in [2.45, 2.75) is 18.9 Å². The summed E-state index contributed by atoms with van der Waals surface area (Å²) in [6.45, 7) is 0.864. The lowest BCUT2D eigenvalue weighted by atomic mass is 10.1. The summed E-state index contributed by atoms with van der Waals surface area (Å²) in [4.78, 5) is 25.4. The molecule has 1 fully saturated rings. The third-order valence-corrected chi connectivity index (χ3v) is 3.58. The van der Waals surface area contributed by atoms with Gasteiger partial charge in [-0.05, 0) is 37.6 Å². The minimum Gasteiger partial charge on any atom is -0.345 e. The van der Waals surface area contributed by atoms with Gasteiger partial charge in [-0.25, -0.2) is 0 Å². The number of anilines is 1. The summed E-state index contributed by atoms with van der Waals surface area (Å²) in [5, 5.41) is 6.32. The highest BCUT2D eigenvalue weighted by atomic mass is 35.5. The molecule has 21 heavy (non-hydrogen) atoms. The first-order chi connectivity index (χ1) is 9.49. The van der Waals surface area contributed by atoms with E-state index in [1.807, 2.05) is 0 Å². The minimum atomic E-state index is -0.190. The van der Waals surface area contributed by atoms with E-state index in [-0.39, 0.29) is 30.3 Å². The number of benzene rings is 1. The van der Waals surface area contributed by atoms with Gasteiger partial charge in [0.25, 0.3) is 5.91 Å². The van der Waals surface area contributed by atoms with Crippen LogP contribution in [0.2, 0.25) is 5.02 Å². The third kappa shape index (κ3) is 4.33. The molecule has 1 aliphatic heterocycles. The Morgan fingerprint density at radius 2 is 2.10 bits per heavy atom. The van der Waals surface area contributed by atoms with Gasteiger partial charge in [0, 0.05) is 19.8 Å². The molecule has 0 saturated carbocycles. The van der Waals surface area contributed by atoms with Gasteiger partial charge in [0.05, 0.1) is 16.6 Å². The molecule has 116 valence electrons. The van der Waals surface area contributed by atoms with Crippen LogP contribution in [0.15, 0.2) is 18.2 Å². The zero-order valence-electron chi connectivity index (χ0n) is 12.0. The van der Waals surface area contributed by atoms with Crippen LogP contribution in [-0.2, 0) is 4.79 Å². The molecule has 2 N–H and O–H groups in total. The number of amides is 2. The Morgan fingerprint density at radius 3 is 2.67 bits per heavy atom. The number of hydrogen-bond donors (Lipinski definition) is 2. The fourth-order valence-corrected chi connectivity index (χ4v) is 2.34. The summed E-state index contributed by atoms with van der Waals surface area (Å²) in [6, 6.07) is 4.77. The van der Waals surface area contributed by atoms with Crippen molar-refractivity contribution in [3.05, 3.63) is 28.8 Å². The van der Waals surface area contributed by atoms with Crippen molar-refractivity contribution in [3.8, 4) is 0 Å². The van der Waals surface area contributed by atoms with E-state index in [0.717, 1.165) is 19.4 Å². The van der Waals surface area contributed by atoms with Gasteiger partial charge < -0.3 is 15.5 Å². The normalized spacial score (nSPS) is 17.0. The molecule has 0 aromatic heterocycles. The van der Waals surface area contributed by atoms with E-state index in [1.54, 1.807) is 32.3 Å². The maximum Gasteiger partial charge on any atom is 0.254 e. The molecule has 1 aromatic carbocycles. The number of carbonyl (C=O) groups is 2. The first-order valence-corrected chi connectivity index (χ1v) is 6.92. The van der Waals surface area contributed by atoms with Crippen molar-refractivity contribution >= 4 is 41.5 Å². The SMILES string of the molecule is CN(C)C(=O)c1cc(NC(=O)[C@@H]2CCCN2)ccc1Cl.Cl. The molecule has 1 aliphatic rings. The molecule has 5 nitrogen and oxygen atoms in total. The highest BCUT2D eigenvalue weighted by molar-refractivity contribution is 6.34. The van der Waals surface area contributed by atoms with E-state index in [2.05, 4.69) is 10.6 Å². The highest BCUT2D eigenvalue weighted by Crippen LogP contribution is 2.22. The van der Waals surface area contributed by atoms with Crippen LogP contribution in [0.3, 0.4) is 0 Å². The summed E-state index contributed by atoms with van der Waals surface area (Å²) in [6.07, 6.45) is 1.84. The van der Waals surface area contributed by atoms with Gasteiger partial charge in [0.15, 0.2) is 0 Å². The molecule has 1 aromatic rings. The molecule has 0 spiro atoms. The first kappa shape index (κ1) is 17.8. The lowest BCUT2D eigenvalue weighted by Crippen LogP contribution is -2.35. The molecular weight excluding hydrogens is 313 g/mol. The molecule has 0 bridgehead atoms. The van der Waals surface area contributed by atoms with Crippen LogP contribution in [0.25, 0.3) is 0 Å². The molecule has 7 heteroatoms. The fraction of sp³-hybridized carbons (Fsp3) is 0.429. The van der Waals surface area contributed by atoms with E-state index >= 15 is 0 Å². The van der Waals surface area contributed by atoms with Gasteiger partial charge >= 0.3 is 0 Å². The minimum absolute atomic E-state index is 0. The van der Waals surface area contributed by atoms with E-state index in [1.165, 1.54) is 4.90 Å². The van der Waals surface area contributed by atoms with E-state index in [4.69, 9.17) is 11.6 Å². The van der Waals surface area contributed by atoms with Gasteiger partial charge in [-0.3, -0.25) is 9.59 Å². The van der Waals surface area contributed by atoms with Gasteiger partial charge in [-0.15, -0.1) is 12.4 Å². The number of rotatable bonds is 3. The summed E-state index contributed by atoms with van der Waals surface area (Å²) >= 11 is 6.03. The standard InChI is InChI=1S/C14H18ClN3O2.ClH/c1-18(2)14(20)10-8-9(5-6-11(10)15)17-13(19)12-4-3-7-16-12;/h5-6,8,12,16H,3-4,7H2,1-2H3,(H,17,19);1H/t12-;/m0./s1. The number of carbonyl (C=O) groups excluding carboxylic acids is 2. The molecule has 0 radical (unpaired) electrons. The van der Waals surface area contributed by atoms with Crippen molar-refractivity contribution in [1.82, 2.24) is 10.2 Å². The zero-order valence-corrected chi connectivity index (χ0v) is 13.6. The summed E-state index contributed by atoms with van der Waals surface area (Å²) in [5.74, 6) is -0.266. The Hall–Kier alpha value is -1.30. The number of nitrogens with zero attached hydrogens (tertiary/aromatic N) is 1. The van der Waals surface area contributed by atoms with Crippen LogP contribution in [0.4, 0.5) is 5.69 Å². The number of nitrogens with one attached hydrogen (secondary N) is 2. The van der Waals surface area contributed by atoms with Crippen LogP contribution in [0.1, 0.15) is 23.2 Å². The molecule has 1 heterocycles. The second-order valence-electron chi connectivity index (χ2n) is 5.03. The topological polar surface area (TPSA) is 61.4 Å². The van der Waals surface area contributed by atoms with Gasteiger partial charge in [0.1, 0.15) is 0 Å². The Balaban J connectivity index is 0.00000220.